The van der Waals surface area contributed by atoms with Gasteiger partial charge in [-0.15, -0.1) is 11.3 Å². The number of nitrogens with zero attached hydrogens (tertiary/aromatic N) is 1. The summed E-state index contributed by atoms with van der Waals surface area (Å²) in [5.41, 5.74) is 5.16. The van der Waals surface area contributed by atoms with E-state index in [2.05, 4.69) is 39.9 Å². The van der Waals surface area contributed by atoms with Crippen molar-refractivity contribution in [1.29, 1.82) is 0 Å². The average molecular weight is 420 g/mol. The fourth-order valence-corrected chi connectivity index (χ4v) is 3.69. The van der Waals surface area contributed by atoms with Crippen molar-refractivity contribution in [1.82, 2.24) is 10.3 Å². The van der Waals surface area contributed by atoms with Crippen molar-refractivity contribution in [2.75, 3.05) is 5.32 Å². The van der Waals surface area contributed by atoms with E-state index in [0.29, 0.717) is 16.7 Å². The average Bonchev–Trinajstić information content (AvgIpc) is 3.22. The van der Waals surface area contributed by atoms with E-state index in [1.165, 1.54) is 16.9 Å². The van der Waals surface area contributed by atoms with Crippen molar-refractivity contribution in [3.63, 3.8) is 0 Å². The van der Waals surface area contributed by atoms with Crippen LogP contribution in [-0.2, 0) is 6.54 Å². The summed E-state index contributed by atoms with van der Waals surface area (Å²) >= 11 is 7.26. The van der Waals surface area contributed by atoms with Crippen LogP contribution in [0.2, 0.25) is 5.02 Å². The van der Waals surface area contributed by atoms with Crippen LogP contribution in [0.25, 0.3) is 22.4 Å². The van der Waals surface area contributed by atoms with Gasteiger partial charge in [-0.05, 0) is 28.8 Å². The number of benzene rings is 3. The number of hydrogen-bond donors (Lipinski definition) is 2. The van der Waals surface area contributed by atoms with Crippen molar-refractivity contribution in [3.8, 4) is 22.4 Å². The lowest BCUT2D eigenvalue weighted by Crippen LogP contribution is -2.28. The molecule has 0 aliphatic heterocycles. The maximum Gasteiger partial charge on any atom is 0.321 e. The molecule has 0 radical (unpaired) electrons. The Morgan fingerprint density at radius 1 is 0.862 bits per heavy atom. The summed E-state index contributed by atoms with van der Waals surface area (Å²) in [5, 5.41) is 8.76. The summed E-state index contributed by atoms with van der Waals surface area (Å²) < 4.78 is 0. The number of carbonyl (C=O) groups is 1. The summed E-state index contributed by atoms with van der Waals surface area (Å²) in [4.78, 5) is 16.6. The van der Waals surface area contributed by atoms with Crippen LogP contribution in [0, 0.1) is 0 Å². The summed E-state index contributed by atoms with van der Waals surface area (Å²) in [6.45, 7) is 0.419. The third kappa shape index (κ3) is 5.02. The van der Waals surface area contributed by atoms with Gasteiger partial charge in [0.25, 0.3) is 0 Å². The van der Waals surface area contributed by atoms with Gasteiger partial charge >= 0.3 is 6.03 Å². The SMILES string of the molecule is O=C(NCc1ccc(Cl)cc1)Nc1nc(-c2ccc(-c3ccccc3)cc2)cs1. The molecule has 4 aromatic rings. The van der Waals surface area contributed by atoms with Gasteiger partial charge in [-0.3, -0.25) is 5.32 Å². The normalized spacial score (nSPS) is 10.5. The first-order valence-electron chi connectivity index (χ1n) is 9.08. The number of hydrogen-bond acceptors (Lipinski definition) is 3. The molecule has 0 saturated carbocycles. The fraction of sp³-hybridized carbons (Fsp3) is 0.0435. The Morgan fingerprint density at radius 3 is 2.24 bits per heavy atom. The lowest BCUT2D eigenvalue weighted by atomic mass is 10.0. The molecule has 1 heterocycles. The van der Waals surface area contributed by atoms with Gasteiger partial charge in [-0.2, -0.15) is 0 Å². The van der Waals surface area contributed by atoms with Gasteiger partial charge in [0, 0.05) is 22.5 Å². The van der Waals surface area contributed by atoms with Crippen LogP contribution in [0.4, 0.5) is 9.93 Å². The Labute approximate surface area is 178 Å². The third-order valence-corrected chi connectivity index (χ3v) is 5.39. The molecule has 1 aromatic heterocycles. The molecule has 29 heavy (non-hydrogen) atoms. The van der Waals surface area contributed by atoms with Gasteiger partial charge in [0.05, 0.1) is 5.69 Å². The summed E-state index contributed by atoms with van der Waals surface area (Å²) in [7, 11) is 0. The minimum absolute atomic E-state index is 0.291. The summed E-state index contributed by atoms with van der Waals surface area (Å²) in [6.07, 6.45) is 0. The molecule has 0 unspecified atom stereocenters. The number of halogens is 1. The highest BCUT2D eigenvalue weighted by atomic mass is 35.5. The van der Waals surface area contributed by atoms with E-state index in [4.69, 9.17) is 11.6 Å². The van der Waals surface area contributed by atoms with E-state index >= 15 is 0 Å². The lowest BCUT2D eigenvalue weighted by Gasteiger charge is -2.05. The molecule has 2 amide bonds. The Bertz CT molecular complexity index is 1090. The Hall–Kier alpha value is -3.15. The van der Waals surface area contributed by atoms with E-state index in [1.54, 1.807) is 12.1 Å². The third-order valence-electron chi connectivity index (χ3n) is 4.38. The Balaban J connectivity index is 1.36. The smallest absolute Gasteiger partial charge is 0.321 e. The molecule has 0 aliphatic rings. The first-order valence-corrected chi connectivity index (χ1v) is 10.3. The van der Waals surface area contributed by atoms with Crippen molar-refractivity contribution < 1.29 is 4.79 Å². The van der Waals surface area contributed by atoms with Gasteiger partial charge in [0.15, 0.2) is 5.13 Å². The first-order chi connectivity index (χ1) is 14.2. The van der Waals surface area contributed by atoms with Crippen LogP contribution < -0.4 is 10.6 Å². The van der Waals surface area contributed by atoms with Gasteiger partial charge in [-0.25, -0.2) is 9.78 Å². The zero-order valence-corrected chi connectivity index (χ0v) is 17.0. The molecule has 0 aliphatic carbocycles. The van der Waals surface area contributed by atoms with Crippen molar-refractivity contribution >= 4 is 34.1 Å². The predicted molar refractivity (Wildman–Crippen MR) is 120 cm³/mol. The van der Waals surface area contributed by atoms with Crippen LogP contribution in [-0.4, -0.2) is 11.0 Å². The van der Waals surface area contributed by atoms with Gasteiger partial charge < -0.3 is 5.32 Å². The second-order valence-electron chi connectivity index (χ2n) is 6.42. The molecular weight excluding hydrogens is 402 g/mol. The zero-order chi connectivity index (χ0) is 20.1. The Morgan fingerprint density at radius 2 is 1.52 bits per heavy atom. The van der Waals surface area contributed by atoms with Crippen LogP contribution in [0.1, 0.15) is 5.56 Å². The second-order valence-corrected chi connectivity index (χ2v) is 7.71. The number of thiazole rings is 1. The minimum atomic E-state index is -0.291. The highest BCUT2D eigenvalue weighted by Crippen LogP contribution is 2.27. The van der Waals surface area contributed by atoms with Gasteiger partial charge in [0.1, 0.15) is 0 Å². The van der Waals surface area contributed by atoms with Crippen LogP contribution >= 0.6 is 22.9 Å². The largest absolute Gasteiger partial charge is 0.334 e. The van der Waals surface area contributed by atoms with E-state index in [0.717, 1.165) is 22.4 Å². The second kappa shape index (κ2) is 8.90. The summed E-state index contributed by atoms with van der Waals surface area (Å²) in [6, 6.07) is 25.5. The van der Waals surface area contributed by atoms with Crippen molar-refractivity contribution in [2.45, 2.75) is 6.54 Å². The molecule has 144 valence electrons. The van der Waals surface area contributed by atoms with Crippen LogP contribution in [0.5, 0.6) is 0 Å². The number of carbonyl (C=O) groups excluding carboxylic acids is 1. The highest BCUT2D eigenvalue weighted by molar-refractivity contribution is 7.14. The maximum absolute atomic E-state index is 12.1. The number of aromatic nitrogens is 1. The molecule has 4 nitrogen and oxygen atoms in total. The standard InChI is InChI=1S/C23H18ClN3OS/c24-20-12-6-16(7-13-20)14-25-22(28)27-23-26-21(15-29-23)19-10-8-18(9-11-19)17-4-2-1-3-5-17/h1-13,15H,14H2,(H2,25,26,27,28). The topological polar surface area (TPSA) is 54.0 Å². The molecule has 0 saturated heterocycles. The fourth-order valence-electron chi connectivity index (χ4n) is 2.85. The molecule has 6 heteroatoms. The molecule has 2 N–H and O–H groups in total. The maximum atomic E-state index is 12.1. The molecule has 0 fully saturated rings. The lowest BCUT2D eigenvalue weighted by molar-refractivity contribution is 0.251. The van der Waals surface area contributed by atoms with Crippen LogP contribution in [0.15, 0.2) is 84.2 Å². The molecule has 0 bridgehead atoms. The van der Waals surface area contributed by atoms with Gasteiger partial charge in [0.2, 0.25) is 0 Å². The van der Waals surface area contributed by atoms with Crippen molar-refractivity contribution in [2.24, 2.45) is 0 Å². The van der Waals surface area contributed by atoms with E-state index in [9.17, 15) is 4.79 Å². The molecule has 0 atom stereocenters. The number of nitrogens with one attached hydrogen (secondary N) is 2. The summed E-state index contributed by atoms with van der Waals surface area (Å²) in [5.74, 6) is 0. The number of anilines is 1. The number of urea groups is 1. The van der Waals surface area contributed by atoms with Crippen LogP contribution in [0.3, 0.4) is 0 Å². The molecule has 0 spiro atoms. The highest BCUT2D eigenvalue weighted by Gasteiger charge is 2.08. The van der Waals surface area contributed by atoms with E-state index < -0.39 is 0 Å². The predicted octanol–water partition coefficient (Wildman–Crippen LogP) is 6.45. The number of amides is 2. The Kier molecular flexibility index (Phi) is 5.89. The molecular formula is C23H18ClN3OS. The molecule has 3 aromatic carbocycles. The monoisotopic (exact) mass is 419 g/mol. The van der Waals surface area contributed by atoms with Crippen molar-refractivity contribution in [3.05, 3.63) is 94.8 Å². The van der Waals surface area contributed by atoms with E-state index in [-0.39, 0.29) is 6.03 Å². The first kappa shape index (κ1) is 19.2. The zero-order valence-electron chi connectivity index (χ0n) is 15.4. The van der Waals surface area contributed by atoms with E-state index in [1.807, 2.05) is 47.8 Å². The number of rotatable bonds is 5. The molecule has 4 rings (SSSR count). The van der Waals surface area contributed by atoms with Gasteiger partial charge in [-0.1, -0.05) is 78.3 Å². The quantitative estimate of drug-likeness (QED) is 0.390. The minimum Gasteiger partial charge on any atom is -0.334 e.